The molecule has 1 aromatic carbocycles. The van der Waals surface area contributed by atoms with Gasteiger partial charge in [-0.2, -0.15) is 0 Å². The molecule has 1 aromatic rings. The van der Waals surface area contributed by atoms with Crippen LogP contribution in [0.1, 0.15) is 31.2 Å². The summed E-state index contributed by atoms with van der Waals surface area (Å²) in [5, 5.41) is 10.8. The second kappa shape index (κ2) is 6.29. The van der Waals surface area contributed by atoms with Gasteiger partial charge in [0.1, 0.15) is 5.02 Å². The molecule has 1 saturated carbocycles. The van der Waals surface area contributed by atoms with Crippen molar-refractivity contribution in [3.8, 4) is 0 Å². The summed E-state index contributed by atoms with van der Waals surface area (Å²) in [5.74, 6) is 0.349. The summed E-state index contributed by atoms with van der Waals surface area (Å²) in [4.78, 5) is 10.1. The second-order valence-electron chi connectivity index (χ2n) is 5.33. The van der Waals surface area contributed by atoms with Crippen LogP contribution in [-0.2, 0) is 10.0 Å². The Morgan fingerprint density at radius 1 is 1.38 bits per heavy atom. The van der Waals surface area contributed by atoms with Gasteiger partial charge in [0.2, 0.25) is 10.0 Å². The average Bonchev–Trinajstić information content (AvgIpc) is 2.88. The first-order valence-corrected chi connectivity index (χ1v) is 8.61. The van der Waals surface area contributed by atoms with E-state index in [0.29, 0.717) is 18.0 Å². The molecule has 8 heteroatoms. The lowest BCUT2D eigenvalue weighted by Gasteiger charge is -2.13. The molecule has 21 heavy (non-hydrogen) atoms. The van der Waals surface area contributed by atoms with Gasteiger partial charge in [0.05, 0.1) is 9.82 Å². The number of nitro groups is 1. The zero-order valence-corrected chi connectivity index (χ0v) is 13.2. The van der Waals surface area contributed by atoms with Crippen LogP contribution in [0.4, 0.5) is 5.69 Å². The molecule has 0 radical (unpaired) electrons. The first kappa shape index (κ1) is 16.2. The number of sulfonamides is 1. The first-order valence-electron chi connectivity index (χ1n) is 6.75. The van der Waals surface area contributed by atoms with Crippen molar-refractivity contribution < 1.29 is 13.3 Å². The number of rotatable bonds is 5. The van der Waals surface area contributed by atoms with Crippen LogP contribution >= 0.6 is 11.6 Å². The Bertz CT molecular complexity index is 654. The molecule has 0 unspecified atom stereocenters. The topological polar surface area (TPSA) is 89.3 Å². The van der Waals surface area contributed by atoms with Gasteiger partial charge in [-0.3, -0.25) is 10.1 Å². The van der Waals surface area contributed by atoms with Gasteiger partial charge in [0.25, 0.3) is 5.69 Å². The van der Waals surface area contributed by atoms with Gasteiger partial charge in [0.15, 0.2) is 0 Å². The third-order valence-electron chi connectivity index (χ3n) is 3.77. The van der Waals surface area contributed by atoms with Gasteiger partial charge in [-0.15, -0.1) is 0 Å². The molecule has 2 rings (SSSR count). The highest BCUT2D eigenvalue weighted by molar-refractivity contribution is 7.89. The number of nitrogens with one attached hydrogen (secondary N) is 1. The molecule has 0 aliphatic heterocycles. The van der Waals surface area contributed by atoms with Crippen molar-refractivity contribution in [3.05, 3.63) is 32.8 Å². The van der Waals surface area contributed by atoms with Gasteiger partial charge >= 0.3 is 0 Å². The maximum atomic E-state index is 12.3. The molecule has 0 amide bonds. The first-order chi connectivity index (χ1) is 9.81. The highest BCUT2D eigenvalue weighted by Crippen LogP contribution is 2.30. The predicted molar refractivity (Wildman–Crippen MR) is 80.0 cm³/mol. The van der Waals surface area contributed by atoms with E-state index in [1.54, 1.807) is 6.92 Å². The third kappa shape index (κ3) is 3.72. The average molecular weight is 333 g/mol. The van der Waals surface area contributed by atoms with E-state index in [1.165, 1.54) is 6.07 Å². The molecule has 1 N–H and O–H groups in total. The summed E-state index contributed by atoms with van der Waals surface area (Å²) in [7, 11) is -3.76. The molecule has 1 fully saturated rings. The lowest BCUT2D eigenvalue weighted by atomic mass is 10.1. The van der Waals surface area contributed by atoms with Crippen LogP contribution in [0.15, 0.2) is 17.0 Å². The van der Waals surface area contributed by atoms with Crippen molar-refractivity contribution >= 4 is 27.3 Å². The molecule has 0 atom stereocenters. The smallest absolute Gasteiger partial charge is 0.258 e. The molecule has 0 aromatic heterocycles. The quantitative estimate of drug-likeness (QED) is 0.663. The van der Waals surface area contributed by atoms with Crippen molar-refractivity contribution in [3.63, 3.8) is 0 Å². The minimum absolute atomic E-state index is 0.0627. The SMILES string of the molecule is Cc1cc(Cl)c([N+](=O)[O-])cc1S(=O)(=O)NCC1CCCC1. The minimum Gasteiger partial charge on any atom is -0.258 e. The van der Waals surface area contributed by atoms with Gasteiger partial charge in [-0.1, -0.05) is 24.4 Å². The van der Waals surface area contributed by atoms with Crippen LogP contribution in [0, 0.1) is 23.0 Å². The van der Waals surface area contributed by atoms with Crippen molar-refractivity contribution in [1.82, 2.24) is 4.72 Å². The minimum atomic E-state index is -3.76. The summed E-state index contributed by atoms with van der Waals surface area (Å²) >= 11 is 5.77. The Morgan fingerprint density at radius 3 is 2.57 bits per heavy atom. The summed E-state index contributed by atoms with van der Waals surface area (Å²) in [6.07, 6.45) is 4.28. The summed E-state index contributed by atoms with van der Waals surface area (Å²) in [6.45, 7) is 1.94. The fourth-order valence-electron chi connectivity index (χ4n) is 2.59. The standard InChI is InChI=1S/C13H17ClN2O4S/c1-9-6-11(14)12(16(17)18)7-13(9)21(19,20)15-8-10-4-2-3-5-10/h6-7,10,15H,2-5,8H2,1H3. The van der Waals surface area contributed by atoms with Crippen LogP contribution in [0.5, 0.6) is 0 Å². The maximum Gasteiger partial charge on any atom is 0.289 e. The highest BCUT2D eigenvalue weighted by atomic mass is 35.5. The van der Waals surface area contributed by atoms with E-state index in [-0.39, 0.29) is 9.92 Å². The molecule has 116 valence electrons. The summed E-state index contributed by atoms with van der Waals surface area (Å²) in [5.41, 5.74) is -0.00645. The van der Waals surface area contributed by atoms with Crippen molar-refractivity contribution in [1.29, 1.82) is 0 Å². The fourth-order valence-corrected chi connectivity index (χ4v) is 4.24. The van der Waals surface area contributed by atoms with E-state index >= 15 is 0 Å². The molecular formula is C13H17ClN2O4S. The number of nitro benzene ring substituents is 1. The Labute approximate surface area is 128 Å². The monoisotopic (exact) mass is 332 g/mol. The number of benzene rings is 1. The van der Waals surface area contributed by atoms with Crippen molar-refractivity contribution in [2.24, 2.45) is 5.92 Å². The van der Waals surface area contributed by atoms with Crippen LogP contribution < -0.4 is 4.72 Å². The fraction of sp³-hybridized carbons (Fsp3) is 0.538. The Kier molecular flexibility index (Phi) is 4.85. The maximum absolute atomic E-state index is 12.3. The van der Waals surface area contributed by atoms with Crippen LogP contribution in [-0.4, -0.2) is 19.9 Å². The van der Waals surface area contributed by atoms with Crippen molar-refractivity contribution in [2.75, 3.05) is 6.54 Å². The number of nitrogens with zero attached hydrogens (tertiary/aromatic N) is 1. The number of halogens is 1. The highest BCUT2D eigenvalue weighted by Gasteiger charge is 2.25. The molecule has 0 saturated heterocycles. The van der Waals surface area contributed by atoms with Gasteiger partial charge in [-0.05, 0) is 37.3 Å². The van der Waals surface area contributed by atoms with Crippen LogP contribution in [0.25, 0.3) is 0 Å². The second-order valence-corrected chi connectivity index (χ2v) is 7.47. The normalized spacial score (nSPS) is 16.3. The van der Waals surface area contributed by atoms with E-state index in [1.807, 2.05) is 0 Å². The summed E-state index contributed by atoms with van der Waals surface area (Å²) in [6, 6.07) is 2.33. The largest absolute Gasteiger partial charge is 0.289 e. The van der Waals surface area contributed by atoms with Crippen LogP contribution in [0.2, 0.25) is 5.02 Å². The Morgan fingerprint density at radius 2 is 2.00 bits per heavy atom. The molecule has 1 aliphatic carbocycles. The van der Waals surface area contributed by atoms with E-state index in [2.05, 4.69) is 4.72 Å². The Balaban J connectivity index is 2.26. The zero-order valence-electron chi connectivity index (χ0n) is 11.6. The van der Waals surface area contributed by atoms with Crippen molar-refractivity contribution in [2.45, 2.75) is 37.5 Å². The predicted octanol–water partition coefficient (Wildman–Crippen LogP) is 3.03. The third-order valence-corrected chi connectivity index (χ3v) is 5.64. The summed E-state index contributed by atoms with van der Waals surface area (Å²) < 4.78 is 27.2. The zero-order chi connectivity index (χ0) is 15.6. The van der Waals surface area contributed by atoms with E-state index in [9.17, 15) is 18.5 Å². The van der Waals surface area contributed by atoms with Crippen LogP contribution in [0.3, 0.4) is 0 Å². The molecule has 6 nitrogen and oxygen atoms in total. The molecule has 1 aliphatic rings. The molecule has 0 spiro atoms. The van der Waals surface area contributed by atoms with E-state index in [0.717, 1.165) is 31.7 Å². The van der Waals surface area contributed by atoms with Gasteiger partial charge in [0, 0.05) is 12.6 Å². The molecule has 0 heterocycles. The molecular weight excluding hydrogens is 316 g/mol. The number of hydrogen-bond donors (Lipinski definition) is 1. The molecule has 0 bridgehead atoms. The van der Waals surface area contributed by atoms with Gasteiger partial charge < -0.3 is 0 Å². The number of hydrogen-bond acceptors (Lipinski definition) is 4. The number of aryl methyl sites for hydroxylation is 1. The van der Waals surface area contributed by atoms with E-state index < -0.39 is 20.6 Å². The van der Waals surface area contributed by atoms with E-state index in [4.69, 9.17) is 11.6 Å². The van der Waals surface area contributed by atoms with Gasteiger partial charge in [-0.25, -0.2) is 13.1 Å². The Hall–Kier alpha value is -1.18. The lowest BCUT2D eigenvalue weighted by molar-refractivity contribution is -0.384. The lowest BCUT2D eigenvalue weighted by Crippen LogP contribution is -2.29.